The van der Waals surface area contributed by atoms with Gasteiger partial charge in [0.05, 0.1) is 0 Å². The molecule has 0 unspecified atom stereocenters. The molecular formula is C13H17NO3S. The summed E-state index contributed by atoms with van der Waals surface area (Å²) in [5.74, 6) is -0.826. The van der Waals surface area contributed by atoms with E-state index in [-0.39, 0.29) is 18.1 Å². The SMILES string of the molecule is CC(C)(C)NC(=O)COC(=O)/C=C/c1cccs1. The second-order valence-electron chi connectivity index (χ2n) is 4.75. The largest absolute Gasteiger partial charge is 0.452 e. The van der Waals surface area contributed by atoms with E-state index in [1.54, 1.807) is 6.08 Å². The topological polar surface area (TPSA) is 55.4 Å². The summed E-state index contributed by atoms with van der Waals surface area (Å²) in [7, 11) is 0. The summed E-state index contributed by atoms with van der Waals surface area (Å²) in [6.07, 6.45) is 2.98. The number of hydrogen-bond acceptors (Lipinski definition) is 4. The van der Waals surface area contributed by atoms with Crippen molar-refractivity contribution in [1.29, 1.82) is 0 Å². The van der Waals surface area contributed by atoms with Gasteiger partial charge in [-0.3, -0.25) is 4.79 Å². The monoisotopic (exact) mass is 267 g/mol. The summed E-state index contributed by atoms with van der Waals surface area (Å²) < 4.78 is 4.81. The zero-order chi connectivity index (χ0) is 13.6. The minimum Gasteiger partial charge on any atom is -0.452 e. The molecule has 0 saturated carbocycles. The molecule has 0 aliphatic rings. The molecule has 1 aromatic heterocycles. The third-order valence-electron chi connectivity index (χ3n) is 1.79. The van der Waals surface area contributed by atoms with Crippen LogP contribution in [0.4, 0.5) is 0 Å². The van der Waals surface area contributed by atoms with E-state index >= 15 is 0 Å². The molecule has 1 amide bonds. The van der Waals surface area contributed by atoms with Crippen LogP contribution in [0.5, 0.6) is 0 Å². The molecular weight excluding hydrogens is 250 g/mol. The lowest BCUT2D eigenvalue weighted by Gasteiger charge is -2.20. The van der Waals surface area contributed by atoms with Gasteiger partial charge < -0.3 is 10.1 Å². The Morgan fingerprint density at radius 2 is 2.17 bits per heavy atom. The van der Waals surface area contributed by atoms with E-state index < -0.39 is 5.97 Å². The predicted molar refractivity (Wildman–Crippen MR) is 72.2 cm³/mol. The van der Waals surface area contributed by atoms with Gasteiger partial charge in [-0.2, -0.15) is 0 Å². The number of nitrogens with one attached hydrogen (secondary N) is 1. The third-order valence-corrected chi connectivity index (χ3v) is 2.62. The molecule has 1 rings (SSSR count). The lowest BCUT2D eigenvalue weighted by Crippen LogP contribution is -2.42. The second-order valence-corrected chi connectivity index (χ2v) is 5.73. The number of carbonyl (C=O) groups is 2. The summed E-state index contributed by atoms with van der Waals surface area (Å²) >= 11 is 1.52. The number of esters is 1. The molecule has 0 aliphatic heterocycles. The van der Waals surface area contributed by atoms with Crippen molar-refractivity contribution in [2.24, 2.45) is 0 Å². The van der Waals surface area contributed by atoms with Gasteiger partial charge in [0.15, 0.2) is 6.61 Å². The normalized spacial score (nSPS) is 11.5. The Bertz CT molecular complexity index is 430. The molecule has 5 heteroatoms. The molecule has 0 atom stereocenters. The minimum atomic E-state index is -0.521. The predicted octanol–water partition coefficient (Wildman–Crippen LogP) is 2.22. The van der Waals surface area contributed by atoms with Crippen molar-refractivity contribution in [2.75, 3.05) is 6.61 Å². The number of thiophene rings is 1. The number of amides is 1. The van der Waals surface area contributed by atoms with Crippen LogP contribution >= 0.6 is 11.3 Å². The van der Waals surface area contributed by atoms with Crippen LogP contribution < -0.4 is 5.32 Å². The highest BCUT2D eigenvalue weighted by atomic mass is 32.1. The Morgan fingerprint density at radius 1 is 1.44 bits per heavy atom. The van der Waals surface area contributed by atoms with Gasteiger partial charge in [-0.25, -0.2) is 4.79 Å². The van der Waals surface area contributed by atoms with E-state index in [0.29, 0.717) is 0 Å². The van der Waals surface area contributed by atoms with Crippen LogP contribution in [-0.4, -0.2) is 24.0 Å². The van der Waals surface area contributed by atoms with E-state index in [1.165, 1.54) is 17.4 Å². The molecule has 0 spiro atoms. The molecule has 0 fully saturated rings. The van der Waals surface area contributed by atoms with Crippen molar-refractivity contribution in [3.05, 3.63) is 28.5 Å². The zero-order valence-electron chi connectivity index (χ0n) is 10.7. The molecule has 0 saturated heterocycles. The van der Waals surface area contributed by atoms with Gasteiger partial charge in [-0.15, -0.1) is 11.3 Å². The van der Waals surface area contributed by atoms with Crippen molar-refractivity contribution in [3.8, 4) is 0 Å². The Morgan fingerprint density at radius 3 is 2.72 bits per heavy atom. The average Bonchev–Trinajstić information content (AvgIpc) is 2.74. The van der Waals surface area contributed by atoms with Crippen LogP contribution in [0.2, 0.25) is 0 Å². The van der Waals surface area contributed by atoms with E-state index in [0.717, 1.165) is 4.88 Å². The van der Waals surface area contributed by atoms with Gasteiger partial charge >= 0.3 is 5.97 Å². The first-order chi connectivity index (χ1) is 8.37. The first-order valence-corrected chi connectivity index (χ1v) is 6.44. The second kappa shape index (κ2) is 6.35. The fourth-order valence-electron chi connectivity index (χ4n) is 1.18. The quantitative estimate of drug-likeness (QED) is 0.672. The van der Waals surface area contributed by atoms with Crippen molar-refractivity contribution in [1.82, 2.24) is 5.32 Å². The van der Waals surface area contributed by atoms with Crippen LogP contribution in [-0.2, 0) is 14.3 Å². The van der Waals surface area contributed by atoms with E-state index in [9.17, 15) is 9.59 Å². The van der Waals surface area contributed by atoms with E-state index in [4.69, 9.17) is 4.74 Å². The van der Waals surface area contributed by atoms with Crippen LogP contribution in [0.25, 0.3) is 6.08 Å². The highest BCUT2D eigenvalue weighted by molar-refractivity contribution is 7.10. The molecule has 4 nitrogen and oxygen atoms in total. The first kappa shape index (κ1) is 14.4. The molecule has 0 radical (unpaired) electrons. The smallest absolute Gasteiger partial charge is 0.331 e. The fraction of sp³-hybridized carbons (Fsp3) is 0.385. The van der Waals surface area contributed by atoms with Gasteiger partial charge in [0.25, 0.3) is 5.91 Å². The molecule has 1 aromatic rings. The summed E-state index contributed by atoms with van der Waals surface area (Å²) in [6, 6.07) is 3.78. The molecule has 0 aromatic carbocycles. The number of carbonyl (C=O) groups excluding carboxylic acids is 2. The van der Waals surface area contributed by atoms with Gasteiger partial charge in [0.1, 0.15) is 0 Å². The summed E-state index contributed by atoms with van der Waals surface area (Å²) in [4.78, 5) is 23.7. The fourth-order valence-corrected chi connectivity index (χ4v) is 1.79. The highest BCUT2D eigenvalue weighted by Gasteiger charge is 2.14. The maximum atomic E-state index is 11.4. The van der Waals surface area contributed by atoms with Crippen LogP contribution in [0.1, 0.15) is 25.6 Å². The van der Waals surface area contributed by atoms with E-state index in [2.05, 4.69) is 5.32 Å². The average molecular weight is 267 g/mol. The Labute approximate surface area is 111 Å². The Kier molecular flexibility index (Phi) is 5.09. The van der Waals surface area contributed by atoms with Gasteiger partial charge in [0, 0.05) is 16.5 Å². The lowest BCUT2D eigenvalue weighted by molar-refractivity contribution is -0.144. The van der Waals surface area contributed by atoms with Crippen LogP contribution in [0, 0.1) is 0 Å². The van der Waals surface area contributed by atoms with Gasteiger partial charge in [-0.1, -0.05) is 6.07 Å². The molecule has 1 heterocycles. The molecule has 0 bridgehead atoms. The maximum absolute atomic E-state index is 11.4. The third kappa shape index (κ3) is 6.20. The molecule has 98 valence electrons. The van der Waals surface area contributed by atoms with Crippen molar-refractivity contribution in [3.63, 3.8) is 0 Å². The number of ether oxygens (including phenoxy) is 1. The van der Waals surface area contributed by atoms with Gasteiger partial charge in [-0.05, 0) is 38.3 Å². The summed E-state index contributed by atoms with van der Waals surface area (Å²) in [5, 5.41) is 4.62. The Hall–Kier alpha value is -1.62. The first-order valence-electron chi connectivity index (χ1n) is 5.56. The summed E-state index contributed by atoms with van der Waals surface area (Å²) in [6.45, 7) is 5.33. The van der Waals surface area contributed by atoms with Crippen molar-refractivity contribution >= 4 is 29.3 Å². The lowest BCUT2D eigenvalue weighted by atomic mass is 10.1. The van der Waals surface area contributed by atoms with Crippen molar-refractivity contribution in [2.45, 2.75) is 26.3 Å². The zero-order valence-corrected chi connectivity index (χ0v) is 11.5. The molecule has 18 heavy (non-hydrogen) atoms. The Balaban J connectivity index is 2.31. The highest BCUT2D eigenvalue weighted by Crippen LogP contribution is 2.10. The molecule has 0 aliphatic carbocycles. The van der Waals surface area contributed by atoms with Crippen LogP contribution in [0.3, 0.4) is 0 Å². The van der Waals surface area contributed by atoms with Crippen LogP contribution in [0.15, 0.2) is 23.6 Å². The van der Waals surface area contributed by atoms with Crippen molar-refractivity contribution < 1.29 is 14.3 Å². The number of rotatable bonds is 4. The minimum absolute atomic E-state index is 0.259. The summed E-state index contributed by atoms with van der Waals surface area (Å²) in [5.41, 5.74) is -0.323. The van der Waals surface area contributed by atoms with E-state index in [1.807, 2.05) is 38.3 Å². The van der Waals surface area contributed by atoms with Gasteiger partial charge in [0.2, 0.25) is 0 Å². The molecule has 1 N–H and O–H groups in total. The maximum Gasteiger partial charge on any atom is 0.331 e. The number of hydrogen-bond donors (Lipinski definition) is 1. The standard InChI is InChI=1S/C13H17NO3S/c1-13(2,3)14-11(15)9-17-12(16)7-6-10-5-4-8-18-10/h4-8H,9H2,1-3H3,(H,14,15)/b7-6+.